The van der Waals surface area contributed by atoms with E-state index in [1.165, 1.54) is 0 Å². The molecule has 0 unspecified atom stereocenters. The van der Waals surface area contributed by atoms with E-state index in [0.717, 1.165) is 28.1 Å². The Morgan fingerprint density at radius 3 is 2.85 bits per heavy atom. The number of hydrogen-bond acceptors (Lipinski definition) is 2. The van der Waals surface area contributed by atoms with Crippen LogP contribution in [0, 0.1) is 6.92 Å². The molecule has 3 nitrogen and oxygen atoms in total. The molecule has 0 fully saturated rings. The van der Waals surface area contributed by atoms with Crippen LogP contribution in [0.3, 0.4) is 0 Å². The van der Waals surface area contributed by atoms with Gasteiger partial charge in [0.25, 0.3) is 0 Å². The summed E-state index contributed by atoms with van der Waals surface area (Å²) in [7, 11) is 0. The molecular weight excluding hydrogens is 230 g/mol. The van der Waals surface area contributed by atoms with Gasteiger partial charge in [-0.05, 0) is 41.9 Å². The fraction of sp³-hybridized carbons (Fsp3) is 0.333. The van der Waals surface area contributed by atoms with Crippen molar-refractivity contribution in [3.05, 3.63) is 22.6 Å². The molecule has 0 bridgehead atoms. The molecule has 4 heteroatoms. The van der Waals surface area contributed by atoms with E-state index < -0.39 is 0 Å². The first kappa shape index (κ1) is 8.69. The van der Waals surface area contributed by atoms with Gasteiger partial charge in [-0.1, -0.05) is 0 Å². The predicted molar refractivity (Wildman–Crippen MR) is 55.6 cm³/mol. The first-order valence-electron chi connectivity index (χ1n) is 4.21. The van der Waals surface area contributed by atoms with Gasteiger partial charge in [-0.2, -0.15) is 0 Å². The summed E-state index contributed by atoms with van der Waals surface area (Å²) in [6.07, 6.45) is 0. The van der Waals surface area contributed by atoms with Gasteiger partial charge in [-0.3, -0.25) is 0 Å². The Kier molecular flexibility index (Phi) is 2.07. The topological polar surface area (TPSA) is 30.7 Å². The van der Waals surface area contributed by atoms with Crippen molar-refractivity contribution in [1.82, 2.24) is 14.5 Å². The molecule has 0 radical (unpaired) electrons. The van der Waals surface area contributed by atoms with Crippen LogP contribution in [0.2, 0.25) is 0 Å². The van der Waals surface area contributed by atoms with Crippen molar-refractivity contribution < 1.29 is 0 Å². The molecule has 0 aliphatic carbocycles. The van der Waals surface area contributed by atoms with Crippen LogP contribution in [0.4, 0.5) is 0 Å². The molecule has 0 aliphatic rings. The van der Waals surface area contributed by atoms with Gasteiger partial charge in [0.05, 0.1) is 5.52 Å². The van der Waals surface area contributed by atoms with E-state index >= 15 is 0 Å². The van der Waals surface area contributed by atoms with Crippen LogP contribution in [-0.4, -0.2) is 14.5 Å². The second-order valence-electron chi connectivity index (χ2n) is 2.88. The quantitative estimate of drug-likeness (QED) is 0.717. The molecule has 0 spiro atoms. The van der Waals surface area contributed by atoms with Gasteiger partial charge in [0, 0.05) is 6.54 Å². The number of pyridine rings is 1. The summed E-state index contributed by atoms with van der Waals surface area (Å²) in [4.78, 5) is 8.66. The normalized spacial score (nSPS) is 11.0. The van der Waals surface area contributed by atoms with Crippen LogP contribution >= 0.6 is 15.9 Å². The number of fused-ring (bicyclic) bond motifs is 1. The van der Waals surface area contributed by atoms with Crippen molar-refractivity contribution in [2.75, 3.05) is 0 Å². The Labute approximate surface area is 84.9 Å². The first-order valence-corrected chi connectivity index (χ1v) is 5.01. The Morgan fingerprint density at radius 1 is 1.38 bits per heavy atom. The maximum Gasteiger partial charge on any atom is 0.178 e. The fourth-order valence-electron chi connectivity index (χ4n) is 1.50. The van der Waals surface area contributed by atoms with E-state index in [-0.39, 0.29) is 0 Å². The maximum absolute atomic E-state index is 4.37. The molecule has 0 amide bonds. The summed E-state index contributed by atoms with van der Waals surface area (Å²) >= 11 is 3.33. The summed E-state index contributed by atoms with van der Waals surface area (Å²) in [5, 5.41) is 0. The Morgan fingerprint density at radius 2 is 2.15 bits per heavy atom. The van der Waals surface area contributed by atoms with Gasteiger partial charge in [-0.25, -0.2) is 9.97 Å². The number of halogens is 1. The summed E-state index contributed by atoms with van der Waals surface area (Å²) in [5.41, 5.74) is 1.91. The SMILES string of the molecule is CCn1c(C)nc2nc(Br)ccc21. The molecule has 0 saturated heterocycles. The minimum Gasteiger partial charge on any atom is -0.327 e. The third-order valence-electron chi connectivity index (χ3n) is 2.09. The highest BCUT2D eigenvalue weighted by atomic mass is 79.9. The fourth-order valence-corrected chi connectivity index (χ4v) is 1.80. The van der Waals surface area contributed by atoms with Crippen molar-refractivity contribution in [2.24, 2.45) is 0 Å². The first-order chi connectivity index (χ1) is 6.22. The third kappa shape index (κ3) is 1.35. The standard InChI is InChI=1S/C9H10BrN3/c1-3-13-6(2)11-9-7(13)4-5-8(10)12-9/h4-5H,3H2,1-2H3. The molecule has 2 aromatic heterocycles. The molecule has 0 atom stereocenters. The largest absolute Gasteiger partial charge is 0.327 e. The highest BCUT2D eigenvalue weighted by Crippen LogP contribution is 2.16. The van der Waals surface area contributed by atoms with Crippen LogP contribution < -0.4 is 0 Å². The molecule has 68 valence electrons. The van der Waals surface area contributed by atoms with E-state index in [0.29, 0.717) is 0 Å². The predicted octanol–water partition coefficient (Wildman–Crippen LogP) is 2.52. The lowest BCUT2D eigenvalue weighted by Gasteiger charge is -2.00. The van der Waals surface area contributed by atoms with E-state index in [1.54, 1.807) is 0 Å². The molecule has 0 aliphatic heterocycles. The summed E-state index contributed by atoms with van der Waals surface area (Å²) in [6.45, 7) is 5.04. The van der Waals surface area contributed by atoms with Gasteiger partial charge < -0.3 is 4.57 Å². The average Bonchev–Trinajstić information content (AvgIpc) is 2.39. The van der Waals surface area contributed by atoms with Crippen molar-refractivity contribution in [3.8, 4) is 0 Å². The van der Waals surface area contributed by atoms with Gasteiger partial charge in [0.15, 0.2) is 5.65 Å². The van der Waals surface area contributed by atoms with E-state index in [9.17, 15) is 0 Å². The Bertz CT molecular complexity index is 447. The van der Waals surface area contributed by atoms with Crippen LogP contribution in [0.15, 0.2) is 16.7 Å². The van der Waals surface area contributed by atoms with Gasteiger partial charge in [0.2, 0.25) is 0 Å². The van der Waals surface area contributed by atoms with E-state index in [4.69, 9.17) is 0 Å². The van der Waals surface area contributed by atoms with Gasteiger partial charge in [-0.15, -0.1) is 0 Å². The Balaban J connectivity index is 2.79. The molecule has 0 N–H and O–H groups in total. The molecule has 2 aromatic rings. The molecule has 2 rings (SSSR count). The lowest BCUT2D eigenvalue weighted by atomic mass is 10.4. The molecular formula is C9H10BrN3. The highest BCUT2D eigenvalue weighted by Gasteiger charge is 2.06. The summed E-state index contributed by atoms with van der Waals surface area (Å²) < 4.78 is 2.98. The molecule has 2 heterocycles. The molecule has 0 aromatic carbocycles. The van der Waals surface area contributed by atoms with E-state index in [2.05, 4.69) is 37.4 Å². The number of imidazole rings is 1. The van der Waals surface area contributed by atoms with E-state index in [1.807, 2.05) is 19.1 Å². The Hall–Kier alpha value is -0.900. The number of rotatable bonds is 1. The second kappa shape index (κ2) is 3.10. The molecule has 0 saturated carbocycles. The third-order valence-corrected chi connectivity index (χ3v) is 2.53. The highest BCUT2D eigenvalue weighted by molar-refractivity contribution is 9.10. The lowest BCUT2D eigenvalue weighted by molar-refractivity contribution is 0.753. The van der Waals surface area contributed by atoms with Crippen molar-refractivity contribution >= 4 is 27.1 Å². The van der Waals surface area contributed by atoms with Gasteiger partial charge in [0.1, 0.15) is 10.4 Å². The van der Waals surface area contributed by atoms with Gasteiger partial charge >= 0.3 is 0 Å². The second-order valence-corrected chi connectivity index (χ2v) is 3.69. The van der Waals surface area contributed by atoms with Crippen molar-refractivity contribution in [2.45, 2.75) is 20.4 Å². The zero-order chi connectivity index (χ0) is 9.42. The average molecular weight is 240 g/mol. The smallest absolute Gasteiger partial charge is 0.178 e. The number of hydrogen-bond donors (Lipinski definition) is 0. The molecule has 13 heavy (non-hydrogen) atoms. The van der Waals surface area contributed by atoms with Crippen molar-refractivity contribution in [1.29, 1.82) is 0 Å². The summed E-state index contributed by atoms with van der Waals surface area (Å²) in [5.74, 6) is 1.02. The van der Waals surface area contributed by atoms with Crippen molar-refractivity contribution in [3.63, 3.8) is 0 Å². The zero-order valence-corrected chi connectivity index (χ0v) is 9.17. The van der Waals surface area contributed by atoms with Crippen LogP contribution in [0.25, 0.3) is 11.2 Å². The zero-order valence-electron chi connectivity index (χ0n) is 7.58. The van der Waals surface area contributed by atoms with Crippen LogP contribution in [0.5, 0.6) is 0 Å². The summed E-state index contributed by atoms with van der Waals surface area (Å²) in [6, 6.07) is 3.98. The monoisotopic (exact) mass is 239 g/mol. The minimum absolute atomic E-state index is 0.814. The minimum atomic E-state index is 0.814. The van der Waals surface area contributed by atoms with Crippen LogP contribution in [-0.2, 0) is 6.54 Å². The lowest BCUT2D eigenvalue weighted by Crippen LogP contribution is -1.95. The number of nitrogens with zero attached hydrogens (tertiary/aromatic N) is 3. The maximum atomic E-state index is 4.37. The van der Waals surface area contributed by atoms with Crippen LogP contribution in [0.1, 0.15) is 12.7 Å². The number of aromatic nitrogens is 3. The number of aryl methyl sites for hydroxylation is 2.